The molecule has 0 aromatic carbocycles. The first-order valence-electron chi connectivity index (χ1n) is 3.83. The van der Waals surface area contributed by atoms with Crippen molar-refractivity contribution in [1.29, 1.82) is 0 Å². The Kier molecular flexibility index (Phi) is 1.58. The number of ether oxygens (including phenoxy) is 1. The van der Waals surface area contributed by atoms with Gasteiger partial charge < -0.3 is 4.74 Å². The van der Waals surface area contributed by atoms with Gasteiger partial charge in [-0.2, -0.15) is 4.57 Å². The van der Waals surface area contributed by atoms with E-state index < -0.39 is 0 Å². The van der Waals surface area contributed by atoms with Crippen molar-refractivity contribution in [3.05, 3.63) is 24.3 Å². The lowest BCUT2D eigenvalue weighted by Crippen LogP contribution is -2.47. The quantitative estimate of drug-likeness (QED) is 0.503. The van der Waals surface area contributed by atoms with Crippen LogP contribution in [0.4, 0.5) is 0 Å². The molecule has 2 rings (SSSR count). The van der Waals surface area contributed by atoms with E-state index in [1.165, 1.54) is 5.69 Å². The average molecular weight is 151 g/mol. The largest absolute Gasteiger partial charge is 0.321 e. The van der Waals surface area contributed by atoms with Gasteiger partial charge in [-0.25, -0.2) is 0 Å². The summed E-state index contributed by atoms with van der Waals surface area (Å²) < 4.78 is 7.55. The SMILES string of the molecule is C[C@@H]1OCCc2cncc[n+]21. The molecule has 0 saturated carbocycles. The Hall–Kier alpha value is -0.960. The van der Waals surface area contributed by atoms with Gasteiger partial charge in [0.1, 0.15) is 0 Å². The molecule has 1 atom stereocenters. The van der Waals surface area contributed by atoms with Crippen molar-refractivity contribution in [1.82, 2.24) is 4.98 Å². The summed E-state index contributed by atoms with van der Waals surface area (Å²) in [6, 6.07) is 0. The van der Waals surface area contributed by atoms with Gasteiger partial charge in [0, 0.05) is 6.92 Å². The van der Waals surface area contributed by atoms with E-state index in [0.29, 0.717) is 0 Å². The van der Waals surface area contributed by atoms with E-state index >= 15 is 0 Å². The molecular weight excluding hydrogens is 140 g/mol. The molecule has 0 spiro atoms. The molecule has 0 amide bonds. The second kappa shape index (κ2) is 2.58. The van der Waals surface area contributed by atoms with Crippen molar-refractivity contribution in [2.75, 3.05) is 6.61 Å². The normalized spacial score (nSPS) is 22.8. The lowest BCUT2D eigenvalue weighted by atomic mass is 10.3. The molecule has 1 aromatic heterocycles. The standard InChI is InChI=1S/C8H11N2O/c1-7-10-4-3-9-6-8(10)2-5-11-7/h3-4,6-7H,2,5H2,1H3/q+1/t7-/m0/s1. The van der Waals surface area contributed by atoms with Crippen molar-refractivity contribution in [2.24, 2.45) is 0 Å². The highest BCUT2D eigenvalue weighted by molar-refractivity contribution is 4.88. The third-order valence-electron chi connectivity index (χ3n) is 1.98. The predicted molar refractivity (Wildman–Crippen MR) is 38.8 cm³/mol. The molecule has 1 aliphatic rings. The monoisotopic (exact) mass is 151 g/mol. The molecule has 0 fully saturated rings. The van der Waals surface area contributed by atoms with E-state index in [4.69, 9.17) is 4.74 Å². The molecule has 0 aliphatic carbocycles. The highest BCUT2D eigenvalue weighted by atomic mass is 16.5. The summed E-state index contributed by atoms with van der Waals surface area (Å²) in [7, 11) is 0. The van der Waals surface area contributed by atoms with Crippen LogP contribution in [-0.2, 0) is 11.2 Å². The highest BCUT2D eigenvalue weighted by Crippen LogP contribution is 2.06. The van der Waals surface area contributed by atoms with Crippen molar-refractivity contribution in [3.8, 4) is 0 Å². The van der Waals surface area contributed by atoms with Crippen LogP contribution in [0.5, 0.6) is 0 Å². The van der Waals surface area contributed by atoms with Crippen LogP contribution in [0.1, 0.15) is 18.8 Å². The highest BCUT2D eigenvalue weighted by Gasteiger charge is 2.22. The number of hydrogen-bond acceptors (Lipinski definition) is 2. The van der Waals surface area contributed by atoms with Gasteiger partial charge in [0.15, 0.2) is 6.20 Å². The van der Waals surface area contributed by atoms with E-state index in [1.54, 1.807) is 6.20 Å². The van der Waals surface area contributed by atoms with Gasteiger partial charge in [0.25, 0.3) is 6.23 Å². The number of fused-ring (bicyclic) bond motifs is 1. The number of aromatic nitrogens is 2. The molecule has 0 unspecified atom stereocenters. The van der Waals surface area contributed by atoms with Crippen LogP contribution in [0.3, 0.4) is 0 Å². The fourth-order valence-electron chi connectivity index (χ4n) is 1.36. The lowest BCUT2D eigenvalue weighted by molar-refractivity contribution is -0.773. The summed E-state index contributed by atoms with van der Waals surface area (Å²) >= 11 is 0. The van der Waals surface area contributed by atoms with E-state index in [-0.39, 0.29) is 6.23 Å². The summed E-state index contributed by atoms with van der Waals surface area (Å²) in [6.07, 6.45) is 6.78. The Bertz CT molecular complexity index is 262. The first kappa shape index (κ1) is 6.73. The zero-order valence-corrected chi connectivity index (χ0v) is 6.53. The van der Waals surface area contributed by atoms with Crippen molar-refractivity contribution in [2.45, 2.75) is 19.6 Å². The third kappa shape index (κ3) is 1.12. The number of hydrogen-bond donors (Lipinski definition) is 0. The average Bonchev–Trinajstić information content (AvgIpc) is 2.06. The minimum atomic E-state index is 0.168. The van der Waals surface area contributed by atoms with Crippen LogP contribution < -0.4 is 4.57 Å². The third-order valence-corrected chi connectivity index (χ3v) is 1.98. The van der Waals surface area contributed by atoms with Gasteiger partial charge in [0.2, 0.25) is 5.69 Å². The molecule has 2 heterocycles. The molecule has 58 valence electrons. The summed E-state index contributed by atoms with van der Waals surface area (Å²) in [5, 5.41) is 0. The van der Waals surface area contributed by atoms with E-state index in [9.17, 15) is 0 Å². The molecular formula is C8H11N2O+. The molecule has 1 aromatic rings. The van der Waals surface area contributed by atoms with E-state index in [2.05, 4.69) is 9.55 Å². The second-order valence-corrected chi connectivity index (χ2v) is 2.70. The van der Waals surface area contributed by atoms with Gasteiger partial charge in [-0.3, -0.25) is 4.98 Å². The van der Waals surface area contributed by atoms with Gasteiger partial charge in [0.05, 0.1) is 25.4 Å². The predicted octanol–water partition coefficient (Wildman–Crippen LogP) is 0.460. The molecule has 3 nitrogen and oxygen atoms in total. The zero-order chi connectivity index (χ0) is 7.68. The zero-order valence-electron chi connectivity index (χ0n) is 6.53. The van der Waals surface area contributed by atoms with Crippen LogP contribution in [0.2, 0.25) is 0 Å². The van der Waals surface area contributed by atoms with Crippen LogP contribution >= 0.6 is 0 Å². The molecule has 11 heavy (non-hydrogen) atoms. The summed E-state index contributed by atoms with van der Waals surface area (Å²) in [6.45, 7) is 2.86. The minimum Gasteiger partial charge on any atom is -0.321 e. The number of nitrogens with zero attached hydrogens (tertiary/aromatic N) is 2. The Morgan fingerprint density at radius 2 is 2.64 bits per heavy atom. The Balaban J connectivity index is 2.44. The number of rotatable bonds is 0. The summed E-state index contributed by atoms with van der Waals surface area (Å²) in [4.78, 5) is 4.06. The molecule has 0 saturated heterocycles. The second-order valence-electron chi connectivity index (χ2n) is 2.70. The molecule has 3 heteroatoms. The smallest absolute Gasteiger partial charge is 0.259 e. The maximum absolute atomic E-state index is 5.44. The van der Waals surface area contributed by atoms with Crippen LogP contribution in [0.25, 0.3) is 0 Å². The van der Waals surface area contributed by atoms with Crippen LogP contribution in [0.15, 0.2) is 18.6 Å². The topological polar surface area (TPSA) is 26.0 Å². The van der Waals surface area contributed by atoms with Gasteiger partial charge in [-0.05, 0) is 0 Å². The fourth-order valence-corrected chi connectivity index (χ4v) is 1.36. The van der Waals surface area contributed by atoms with E-state index in [1.807, 2.05) is 19.3 Å². The molecule has 0 radical (unpaired) electrons. The fraction of sp³-hybridized carbons (Fsp3) is 0.500. The first-order chi connectivity index (χ1) is 5.38. The molecule has 0 bridgehead atoms. The van der Waals surface area contributed by atoms with Crippen LogP contribution in [0, 0.1) is 0 Å². The molecule has 1 aliphatic heterocycles. The van der Waals surface area contributed by atoms with Gasteiger partial charge in [-0.1, -0.05) is 0 Å². The minimum absolute atomic E-state index is 0.168. The lowest BCUT2D eigenvalue weighted by Gasteiger charge is -2.15. The van der Waals surface area contributed by atoms with Crippen LogP contribution in [-0.4, -0.2) is 11.6 Å². The van der Waals surface area contributed by atoms with Crippen molar-refractivity contribution in [3.63, 3.8) is 0 Å². The van der Waals surface area contributed by atoms with E-state index in [0.717, 1.165) is 13.0 Å². The van der Waals surface area contributed by atoms with Crippen molar-refractivity contribution >= 4 is 0 Å². The summed E-state index contributed by atoms with van der Waals surface area (Å²) in [5.74, 6) is 0. The Labute approximate surface area is 65.6 Å². The maximum Gasteiger partial charge on any atom is 0.259 e. The van der Waals surface area contributed by atoms with Gasteiger partial charge in [-0.15, -0.1) is 0 Å². The molecule has 0 N–H and O–H groups in total. The van der Waals surface area contributed by atoms with Crippen molar-refractivity contribution < 1.29 is 9.30 Å². The Morgan fingerprint density at radius 1 is 1.73 bits per heavy atom. The summed E-state index contributed by atoms with van der Waals surface area (Å²) in [5.41, 5.74) is 1.26. The van der Waals surface area contributed by atoms with Gasteiger partial charge >= 0.3 is 0 Å². The Morgan fingerprint density at radius 3 is 3.45 bits per heavy atom. The first-order valence-corrected chi connectivity index (χ1v) is 3.83. The maximum atomic E-state index is 5.44.